The van der Waals surface area contributed by atoms with Gasteiger partial charge >= 0.3 is 6.09 Å². The fraction of sp³-hybridized carbons (Fsp3) is 0.500. The number of rotatable bonds is 6. The summed E-state index contributed by atoms with van der Waals surface area (Å²) in [6, 6.07) is 9.46. The van der Waals surface area contributed by atoms with Crippen molar-refractivity contribution in [3.63, 3.8) is 0 Å². The molecule has 1 heterocycles. The van der Waals surface area contributed by atoms with E-state index in [1.54, 1.807) is 7.11 Å². The lowest BCUT2D eigenvalue weighted by molar-refractivity contribution is -0.0714. The maximum absolute atomic E-state index is 11.7. The summed E-state index contributed by atoms with van der Waals surface area (Å²) in [5.74, 6) is 0. The fourth-order valence-electron chi connectivity index (χ4n) is 2.05. The Bertz CT molecular complexity index is 413. The van der Waals surface area contributed by atoms with Gasteiger partial charge in [0.25, 0.3) is 0 Å². The van der Waals surface area contributed by atoms with Crippen LogP contribution in [-0.2, 0) is 20.8 Å². The van der Waals surface area contributed by atoms with Crippen LogP contribution in [0.25, 0.3) is 0 Å². The van der Waals surface area contributed by atoms with Gasteiger partial charge in [0, 0.05) is 20.2 Å². The van der Waals surface area contributed by atoms with Crippen LogP contribution < -0.4 is 10.6 Å². The number of ether oxygens (including phenoxy) is 3. The number of alkyl carbamates (subject to hydrolysis) is 1. The molecular weight excluding hydrogens is 260 g/mol. The normalized spacial score (nSPS) is 21.6. The maximum atomic E-state index is 11.7. The molecule has 20 heavy (non-hydrogen) atoms. The highest BCUT2D eigenvalue weighted by atomic mass is 16.7. The van der Waals surface area contributed by atoms with E-state index in [0.29, 0.717) is 13.1 Å². The molecular formula is C14H20N2O4. The lowest BCUT2D eigenvalue weighted by atomic mass is 10.2. The third-order valence-electron chi connectivity index (χ3n) is 3.07. The Morgan fingerprint density at radius 3 is 2.90 bits per heavy atom. The predicted octanol–water partition coefficient (Wildman–Crippen LogP) is 0.874. The van der Waals surface area contributed by atoms with Crippen molar-refractivity contribution in [2.45, 2.75) is 18.8 Å². The smallest absolute Gasteiger partial charge is 0.407 e. The van der Waals surface area contributed by atoms with Crippen molar-refractivity contribution in [3.8, 4) is 0 Å². The number of nitrogens with one attached hydrogen (secondary N) is 2. The predicted molar refractivity (Wildman–Crippen MR) is 73.2 cm³/mol. The zero-order valence-electron chi connectivity index (χ0n) is 11.5. The third kappa shape index (κ3) is 4.48. The highest BCUT2D eigenvalue weighted by molar-refractivity contribution is 5.67. The summed E-state index contributed by atoms with van der Waals surface area (Å²) in [6.07, 6.45) is -0.534. The molecule has 110 valence electrons. The molecule has 2 unspecified atom stereocenters. The van der Waals surface area contributed by atoms with Crippen LogP contribution in [0.1, 0.15) is 5.56 Å². The standard InChI is InChI=1S/C14H20N2O4/c1-18-10-20-13-8-15-7-12(13)16-14(17)19-9-11-5-3-2-4-6-11/h2-6,12-13,15H,7-10H2,1H3,(H,16,17). The molecule has 1 aliphatic rings. The minimum atomic E-state index is -0.437. The van der Waals surface area contributed by atoms with Crippen LogP contribution in [0.2, 0.25) is 0 Å². The number of methoxy groups -OCH3 is 1. The molecule has 0 aromatic heterocycles. The average Bonchev–Trinajstić information content (AvgIpc) is 2.91. The third-order valence-corrected chi connectivity index (χ3v) is 3.07. The molecule has 0 saturated carbocycles. The van der Waals surface area contributed by atoms with Crippen molar-refractivity contribution in [1.29, 1.82) is 0 Å². The summed E-state index contributed by atoms with van der Waals surface area (Å²) >= 11 is 0. The van der Waals surface area contributed by atoms with E-state index in [1.807, 2.05) is 30.3 Å². The Morgan fingerprint density at radius 2 is 2.15 bits per heavy atom. The summed E-state index contributed by atoms with van der Waals surface area (Å²) in [5.41, 5.74) is 0.958. The zero-order chi connectivity index (χ0) is 14.2. The lowest BCUT2D eigenvalue weighted by Crippen LogP contribution is -2.44. The number of benzene rings is 1. The molecule has 1 fully saturated rings. The molecule has 1 aliphatic heterocycles. The van der Waals surface area contributed by atoms with Crippen molar-refractivity contribution < 1.29 is 19.0 Å². The first-order chi connectivity index (χ1) is 9.79. The van der Waals surface area contributed by atoms with Crippen LogP contribution in [-0.4, -0.2) is 45.2 Å². The first-order valence-corrected chi connectivity index (χ1v) is 6.58. The van der Waals surface area contributed by atoms with E-state index in [4.69, 9.17) is 14.2 Å². The first-order valence-electron chi connectivity index (χ1n) is 6.58. The Balaban J connectivity index is 1.73. The van der Waals surface area contributed by atoms with Gasteiger partial charge in [-0.05, 0) is 5.56 Å². The minimum Gasteiger partial charge on any atom is -0.445 e. The first kappa shape index (κ1) is 14.8. The molecule has 0 bridgehead atoms. The highest BCUT2D eigenvalue weighted by Gasteiger charge is 2.29. The van der Waals surface area contributed by atoms with Crippen LogP contribution in [0.15, 0.2) is 30.3 Å². The zero-order valence-corrected chi connectivity index (χ0v) is 11.5. The van der Waals surface area contributed by atoms with Gasteiger partial charge in [-0.25, -0.2) is 4.79 Å². The minimum absolute atomic E-state index is 0.0979. The summed E-state index contributed by atoms with van der Waals surface area (Å²) in [4.78, 5) is 11.7. The molecule has 1 aromatic carbocycles. The Morgan fingerprint density at radius 1 is 1.35 bits per heavy atom. The number of carbonyl (C=O) groups excluding carboxylic acids is 1. The van der Waals surface area contributed by atoms with E-state index in [2.05, 4.69) is 10.6 Å². The second-order valence-corrected chi connectivity index (χ2v) is 4.58. The van der Waals surface area contributed by atoms with E-state index in [-0.39, 0.29) is 25.5 Å². The van der Waals surface area contributed by atoms with Crippen molar-refractivity contribution in [2.24, 2.45) is 0 Å². The van der Waals surface area contributed by atoms with E-state index in [9.17, 15) is 4.79 Å². The van der Waals surface area contributed by atoms with Crippen LogP contribution in [0, 0.1) is 0 Å². The number of carbonyl (C=O) groups is 1. The molecule has 1 amide bonds. The van der Waals surface area contributed by atoms with Gasteiger partial charge < -0.3 is 24.8 Å². The fourth-order valence-corrected chi connectivity index (χ4v) is 2.05. The van der Waals surface area contributed by atoms with Crippen molar-refractivity contribution in [2.75, 3.05) is 27.0 Å². The highest BCUT2D eigenvalue weighted by Crippen LogP contribution is 2.06. The Kier molecular flexibility index (Phi) is 5.79. The molecule has 0 radical (unpaired) electrons. The van der Waals surface area contributed by atoms with Crippen LogP contribution in [0.4, 0.5) is 4.79 Å². The summed E-state index contributed by atoms with van der Waals surface area (Å²) in [6.45, 7) is 1.82. The van der Waals surface area contributed by atoms with Gasteiger partial charge in [-0.1, -0.05) is 30.3 Å². The van der Waals surface area contributed by atoms with Crippen LogP contribution >= 0.6 is 0 Å². The van der Waals surface area contributed by atoms with E-state index in [0.717, 1.165) is 5.56 Å². The second-order valence-electron chi connectivity index (χ2n) is 4.58. The van der Waals surface area contributed by atoms with Crippen molar-refractivity contribution >= 4 is 6.09 Å². The molecule has 1 saturated heterocycles. The monoisotopic (exact) mass is 280 g/mol. The second kappa shape index (κ2) is 7.84. The number of hydrogen-bond donors (Lipinski definition) is 2. The largest absolute Gasteiger partial charge is 0.445 e. The van der Waals surface area contributed by atoms with Crippen molar-refractivity contribution in [3.05, 3.63) is 35.9 Å². The van der Waals surface area contributed by atoms with Gasteiger partial charge in [0.05, 0.1) is 12.1 Å². The Hall–Kier alpha value is -1.63. The summed E-state index contributed by atoms with van der Waals surface area (Å²) < 4.78 is 15.5. The van der Waals surface area contributed by atoms with E-state index < -0.39 is 6.09 Å². The van der Waals surface area contributed by atoms with E-state index in [1.165, 1.54) is 0 Å². The molecule has 6 nitrogen and oxygen atoms in total. The van der Waals surface area contributed by atoms with Gasteiger partial charge in [-0.3, -0.25) is 0 Å². The average molecular weight is 280 g/mol. The topological polar surface area (TPSA) is 68.8 Å². The molecule has 6 heteroatoms. The molecule has 2 N–H and O–H groups in total. The van der Waals surface area contributed by atoms with Gasteiger partial charge in [0.1, 0.15) is 13.4 Å². The summed E-state index contributed by atoms with van der Waals surface area (Å²) in [7, 11) is 1.57. The molecule has 2 atom stereocenters. The lowest BCUT2D eigenvalue weighted by Gasteiger charge is -2.19. The molecule has 0 spiro atoms. The van der Waals surface area contributed by atoms with E-state index >= 15 is 0 Å². The van der Waals surface area contributed by atoms with Gasteiger partial charge in [-0.15, -0.1) is 0 Å². The maximum Gasteiger partial charge on any atom is 0.407 e. The van der Waals surface area contributed by atoms with Crippen LogP contribution in [0.5, 0.6) is 0 Å². The molecule has 1 aromatic rings. The van der Waals surface area contributed by atoms with Gasteiger partial charge in [-0.2, -0.15) is 0 Å². The Labute approximate surface area is 118 Å². The SMILES string of the molecule is COCOC1CNCC1NC(=O)OCc1ccccc1. The quantitative estimate of drug-likeness (QED) is 0.757. The van der Waals surface area contributed by atoms with Gasteiger partial charge in [0.15, 0.2) is 0 Å². The molecule has 0 aliphatic carbocycles. The van der Waals surface area contributed by atoms with Crippen LogP contribution in [0.3, 0.4) is 0 Å². The molecule has 2 rings (SSSR count). The van der Waals surface area contributed by atoms with Crippen molar-refractivity contribution in [1.82, 2.24) is 10.6 Å². The number of hydrogen-bond acceptors (Lipinski definition) is 5. The van der Waals surface area contributed by atoms with Gasteiger partial charge in [0.2, 0.25) is 0 Å². The summed E-state index contributed by atoms with van der Waals surface area (Å²) in [5, 5.41) is 5.96. The number of amides is 1.